The highest BCUT2D eigenvalue weighted by atomic mass is 16.2. The standard InChI is InChI=1S/C25H27N3O2/c1-28(2)23(20-13-7-4-8-14-20)18-26-25(30)21-15-9-10-16-22(21)27-24(29)17-19-11-5-3-6-12-19/h3-16,23H,17-18H2,1-2H3,(H,26,30)(H,27,29)/t23-/m1/s1. The van der Waals surface area contributed by atoms with Crippen molar-refractivity contribution in [1.82, 2.24) is 10.2 Å². The maximum Gasteiger partial charge on any atom is 0.253 e. The van der Waals surface area contributed by atoms with Crippen LogP contribution in [0.1, 0.15) is 27.5 Å². The molecule has 0 spiro atoms. The monoisotopic (exact) mass is 401 g/mol. The average Bonchev–Trinajstić information content (AvgIpc) is 2.75. The summed E-state index contributed by atoms with van der Waals surface area (Å²) in [5, 5.41) is 5.88. The van der Waals surface area contributed by atoms with Gasteiger partial charge in [-0.1, -0.05) is 72.8 Å². The van der Waals surface area contributed by atoms with Crippen molar-refractivity contribution in [2.75, 3.05) is 26.0 Å². The van der Waals surface area contributed by atoms with Gasteiger partial charge in [0.25, 0.3) is 5.91 Å². The van der Waals surface area contributed by atoms with Gasteiger partial charge in [0.05, 0.1) is 23.7 Å². The number of para-hydroxylation sites is 1. The molecule has 3 aromatic carbocycles. The summed E-state index contributed by atoms with van der Waals surface area (Å²) in [4.78, 5) is 27.4. The molecule has 2 amide bonds. The number of likely N-dealkylation sites (N-methyl/N-ethyl adjacent to an activating group) is 1. The van der Waals surface area contributed by atoms with Crippen LogP contribution in [-0.2, 0) is 11.2 Å². The largest absolute Gasteiger partial charge is 0.350 e. The number of amides is 2. The molecule has 0 fully saturated rings. The van der Waals surface area contributed by atoms with Crippen molar-refractivity contribution in [2.24, 2.45) is 0 Å². The van der Waals surface area contributed by atoms with Crippen LogP contribution in [0.5, 0.6) is 0 Å². The first-order valence-electron chi connectivity index (χ1n) is 9.97. The fraction of sp³-hybridized carbons (Fsp3) is 0.200. The number of hydrogen-bond acceptors (Lipinski definition) is 3. The van der Waals surface area contributed by atoms with E-state index in [1.807, 2.05) is 68.7 Å². The molecular weight excluding hydrogens is 374 g/mol. The van der Waals surface area contributed by atoms with Crippen LogP contribution in [-0.4, -0.2) is 37.4 Å². The van der Waals surface area contributed by atoms with Crippen molar-refractivity contribution < 1.29 is 9.59 Å². The number of rotatable bonds is 8. The molecule has 154 valence electrons. The minimum Gasteiger partial charge on any atom is -0.350 e. The van der Waals surface area contributed by atoms with Crippen LogP contribution in [0.25, 0.3) is 0 Å². The van der Waals surface area contributed by atoms with E-state index in [0.29, 0.717) is 17.8 Å². The van der Waals surface area contributed by atoms with Gasteiger partial charge in [-0.05, 0) is 37.4 Å². The lowest BCUT2D eigenvalue weighted by molar-refractivity contribution is -0.115. The Morgan fingerprint density at radius 1 is 0.833 bits per heavy atom. The number of anilines is 1. The maximum atomic E-state index is 12.9. The molecule has 0 radical (unpaired) electrons. The first kappa shape index (κ1) is 21.3. The van der Waals surface area contributed by atoms with Crippen molar-refractivity contribution in [2.45, 2.75) is 12.5 Å². The van der Waals surface area contributed by atoms with Crippen LogP contribution in [0.3, 0.4) is 0 Å². The Balaban J connectivity index is 1.67. The van der Waals surface area contributed by atoms with Gasteiger partial charge in [0, 0.05) is 6.54 Å². The summed E-state index contributed by atoms with van der Waals surface area (Å²) in [5.74, 6) is -0.370. The van der Waals surface area contributed by atoms with Crippen LogP contribution in [0.4, 0.5) is 5.69 Å². The van der Waals surface area contributed by atoms with Gasteiger partial charge in [-0.2, -0.15) is 0 Å². The van der Waals surface area contributed by atoms with E-state index in [-0.39, 0.29) is 24.3 Å². The van der Waals surface area contributed by atoms with Crippen molar-refractivity contribution in [3.8, 4) is 0 Å². The quantitative estimate of drug-likeness (QED) is 0.602. The third-order valence-electron chi connectivity index (χ3n) is 4.92. The number of carbonyl (C=O) groups is 2. The van der Waals surface area contributed by atoms with Crippen LogP contribution >= 0.6 is 0 Å². The lowest BCUT2D eigenvalue weighted by atomic mass is 10.1. The number of nitrogens with one attached hydrogen (secondary N) is 2. The Hall–Kier alpha value is -3.44. The van der Waals surface area contributed by atoms with E-state index in [4.69, 9.17) is 0 Å². The highest BCUT2D eigenvalue weighted by molar-refractivity contribution is 6.04. The molecule has 2 N–H and O–H groups in total. The lowest BCUT2D eigenvalue weighted by Crippen LogP contribution is -2.35. The molecule has 1 atom stereocenters. The van der Waals surface area contributed by atoms with Crippen molar-refractivity contribution in [1.29, 1.82) is 0 Å². The fourth-order valence-corrected chi connectivity index (χ4v) is 3.32. The zero-order valence-corrected chi connectivity index (χ0v) is 17.3. The van der Waals surface area contributed by atoms with E-state index < -0.39 is 0 Å². The zero-order chi connectivity index (χ0) is 21.3. The maximum absolute atomic E-state index is 12.9. The molecule has 0 aliphatic carbocycles. The molecule has 0 bridgehead atoms. The molecule has 3 rings (SSSR count). The number of benzene rings is 3. The van der Waals surface area contributed by atoms with Gasteiger partial charge >= 0.3 is 0 Å². The second kappa shape index (κ2) is 10.4. The van der Waals surface area contributed by atoms with Gasteiger partial charge in [0.2, 0.25) is 5.91 Å². The van der Waals surface area contributed by atoms with Crippen LogP contribution in [0.2, 0.25) is 0 Å². The van der Waals surface area contributed by atoms with E-state index in [0.717, 1.165) is 11.1 Å². The Labute approximate surface area is 177 Å². The second-order valence-corrected chi connectivity index (χ2v) is 7.36. The second-order valence-electron chi connectivity index (χ2n) is 7.36. The number of nitrogens with zero attached hydrogens (tertiary/aromatic N) is 1. The lowest BCUT2D eigenvalue weighted by Gasteiger charge is -2.25. The molecule has 0 unspecified atom stereocenters. The molecule has 5 nitrogen and oxygen atoms in total. The van der Waals surface area contributed by atoms with Gasteiger partial charge < -0.3 is 15.5 Å². The summed E-state index contributed by atoms with van der Waals surface area (Å²) >= 11 is 0. The Kier molecular flexibility index (Phi) is 7.35. The molecule has 3 aromatic rings. The van der Waals surface area contributed by atoms with E-state index in [9.17, 15) is 9.59 Å². The molecule has 0 aliphatic rings. The molecule has 30 heavy (non-hydrogen) atoms. The first-order chi connectivity index (χ1) is 14.5. The van der Waals surface area contributed by atoms with E-state index in [1.165, 1.54) is 0 Å². The third kappa shape index (κ3) is 5.78. The van der Waals surface area contributed by atoms with Gasteiger partial charge in [-0.15, -0.1) is 0 Å². The third-order valence-corrected chi connectivity index (χ3v) is 4.92. The van der Waals surface area contributed by atoms with Gasteiger partial charge in [-0.3, -0.25) is 9.59 Å². The smallest absolute Gasteiger partial charge is 0.253 e. The molecular formula is C25H27N3O2. The normalized spacial score (nSPS) is 11.7. The fourth-order valence-electron chi connectivity index (χ4n) is 3.32. The molecule has 0 saturated heterocycles. The SMILES string of the molecule is CN(C)[C@H](CNC(=O)c1ccccc1NC(=O)Cc1ccccc1)c1ccccc1. The van der Waals surface area contributed by atoms with E-state index >= 15 is 0 Å². The number of hydrogen-bond donors (Lipinski definition) is 2. The minimum atomic E-state index is -0.214. The van der Waals surface area contributed by atoms with Crippen molar-refractivity contribution >= 4 is 17.5 Å². The predicted molar refractivity (Wildman–Crippen MR) is 120 cm³/mol. The van der Waals surface area contributed by atoms with Gasteiger partial charge in [-0.25, -0.2) is 0 Å². The van der Waals surface area contributed by atoms with Crippen LogP contribution in [0, 0.1) is 0 Å². The summed E-state index contributed by atoms with van der Waals surface area (Å²) in [6.45, 7) is 0.460. The highest BCUT2D eigenvalue weighted by Gasteiger charge is 2.18. The summed E-state index contributed by atoms with van der Waals surface area (Å²) in [7, 11) is 3.98. The van der Waals surface area contributed by atoms with Gasteiger partial charge in [0.1, 0.15) is 0 Å². The summed E-state index contributed by atoms with van der Waals surface area (Å²) in [5.41, 5.74) is 3.02. The van der Waals surface area contributed by atoms with Crippen LogP contribution < -0.4 is 10.6 Å². The Morgan fingerprint density at radius 3 is 2.10 bits per heavy atom. The Morgan fingerprint density at radius 2 is 1.43 bits per heavy atom. The molecule has 0 aromatic heterocycles. The van der Waals surface area contributed by atoms with Gasteiger partial charge in [0.15, 0.2) is 0 Å². The van der Waals surface area contributed by atoms with Crippen molar-refractivity contribution in [3.63, 3.8) is 0 Å². The first-order valence-corrected chi connectivity index (χ1v) is 9.97. The zero-order valence-electron chi connectivity index (χ0n) is 17.3. The van der Waals surface area contributed by atoms with Crippen molar-refractivity contribution in [3.05, 3.63) is 102 Å². The van der Waals surface area contributed by atoms with Crippen LogP contribution in [0.15, 0.2) is 84.9 Å². The van der Waals surface area contributed by atoms with E-state index in [1.54, 1.807) is 18.2 Å². The molecule has 5 heteroatoms. The number of carbonyl (C=O) groups excluding carboxylic acids is 2. The molecule has 0 saturated carbocycles. The molecule has 0 heterocycles. The Bertz CT molecular complexity index is 972. The summed E-state index contributed by atoms with van der Waals surface area (Å²) < 4.78 is 0. The summed E-state index contributed by atoms with van der Waals surface area (Å²) in [6, 6.07) is 26.7. The minimum absolute atomic E-state index is 0.0509. The van der Waals surface area contributed by atoms with E-state index in [2.05, 4.69) is 27.7 Å². The predicted octanol–water partition coefficient (Wildman–Crippen LogP) is 3.90. The average molecular weight is 402 g/mol. The summed E-state index contributed by atoms with van der Waals surface area (Å²) in [6.07, 6.45) is 0.257. The topological polar surface area (TPSA) is 61.4 Å². The highest BCUT2D eigenvalue weighted by Crippen LogP contribution is 2.19. The molecule has 0 aliphatic heterocycles.